The average Bonchev–Trinajstić information content (AvgIpc) is 2.23. The molecule has 0 aliphatic heterocycles. The number of benzene rings is 2. The van der Waals surface area contributed by atoms with Gasteiger partial charge in [0.2, 0.25) is 0 Å². The van der Waals surface area contributed by atoms with E-state index in [1.54, 1.807) is 6.07 Å². The van der Waals surface area contributed by atoms with Gasteiger partial charge in [-0.1, -0.05) is 13.0 Å². The van der Waals surface area contributed by atoms with Crippen LogP contribution in [0.2, 0.25) is 0 Å². The van der Waals surface area contributed by atoms with Gasteiger partial charge < -0.3 is 5.11 Å². The Morgan fingerprint density at radius 1 is 1.13 bits per heavy atom. The second-order valence-electron chi connectivity index (χ2n) is 3.41. The van der Waals surface area contributed by atoms with Crippen molar-refractivity contribution < 1.29 is 13.9 Å². The minimum absolute atomic E-state index is 0.0381. The number of fused-ring (bicyclic) bond motifs is 1. The fraction of sp³-hybridized carbons (Fsp3) is 0.167. The molecule has 2 aromatic rings. The molecule has 0 aliphatic carbocycles. The summed E-state index contributed by atoms with van der Waals surface area (Å²) in [6, 6.07) is 5.45. The number of phenols is 1. The van der Waals surface area contributed by atoms with E-state index in [0.717, 1.165) is 11.6 Å². The maximum Gasteiger partial charge on any atom is 0.166 e. The van der Waals surface area contributed by atoms with Crippen molar-refractivity contribution in [2.75, 3.05) is 0 Å². The normalized spacial score (nSPS) is 10.9. The van der Waals surface area contributed by atoms with E-state index < -0.39 is 11.6 Å². The van der Waals surface area contributed by atoms with Crippen LogP contribution in [0.5, 0.6) is 5.75 Å². The molecule has 2 rings (SSSR count). The molecule has 0 heterocycles. The van der Waals surface area contributed by atoms with Crippen LogP contribution in [0.3, 0.4) is 0 Å². The molecule has 0 fully saturated rings. The Kier molecular flexibility index (Phi) is 2.31. The van der Waals surface area contributed by atoms with Gasteiger partial charge in [-0.15, -0.1) is 0 Å². The molecule has 0 amide bonds. The lowest BCUT2D eigenvalue weighted by Gasteiger charge is -2.06. The maximum absolute atomic E-state index is 13.4. The first-order valence-electron chi connectivity index (χ1n) is 4.73. The zero-order valence-electron chi connectivity index (χ0n) is 8.22. The topological polar surface area (TPSA) is 20.2 Å². The van der Waals surface area contributed by atoms with Crippen molar-refractivity contribution in [1.29, 1.82) is 0 Å². The minimum Gasteiger partial charge on any atom is -0.508 e. The van der Waals surface area contributed by atoms with Crippen molar-refractivity contribution in [1.82, 2.24) is 0 Å². The third-order valence-corrected chi connectivity index (χ3v) is 2.47. The Morgan fingerprint density at radius 2 is 1.87 bits per heavy atom. The van der Waals surface area contributed by atoms with Crippen LogP contribution in [-0.4, -0.2) is 5.11 Å². The first-order chi connectivity index (χ1) is 7.13. The number of rotatable bonds is 1. The summed E-state index contributed by atoms with van der Waals surface area (Å²) in [7, 11) is 0. The molecule has 3 heteroatoms. The van der Waals surface area contributed by atoms with Gasteiger partial charge in [0.25, 0.3) is 0 Å². The van der Waals surface area contributed by atoms with Crippen molar-refractivity contribution >= 4 is 10.8 Å². The summed E-state index contributed by atoms with van der Waals surface area (Å²) >= 11 is 0. The van der Waals surface area contributed by atoms with E-state index in [1.807, 2.05) is 6.92 Å². The van der Waals surface area contributed by atoms with Crippen LogP contribution in [0.4, 0.5) is 8.78 Å². The molecule has 1 N–H and O–H groups in total. The summed E-state index contributed by atoms with van der Waals surface area (Å²) < 4.78 is 26.4. The largest absolute Gasteiger partial charge is 0.508 e. The Morgan fingerprint density at radius 3 is 2.53 bits per heavy atom. The van der Waals surface area contributed by atoms with Crippen LogP contribution in [-0.2, 0) is 6.42 Å². The molecule has 0 aromatic heterocycles. The lowest BCUT2D eigenvalue weighted by Crippen LogP contribution is -1.90. The Labute approximate surface area is 86.0 Å². The van der Waals surface area contributed by atoms with Crippen molar-refractivity contribution in [3.05, 3.63) is 41.5 Å². The Hall–Kier alpha value is -1.64. The molecule has 15 heavy (non-hydrogen) atoms. The number of halogens is 2. The molecule has 0 bridgehead atoms. The van der Waals surface area contributed by atoms with Gasteiger partial charge >= 0.3 is 0 Å². The molecule has 1 nitrogen and oxygen atoms in total. The monoisotopic (exact) mass is 208 g/mol. The molecule has 0 unspecified atom stereocenters. The second-order valence-corrected chi connectivity index (χ2v) is 3.41. The zero-order chi connectivity index (χ0) is 11.0. The van der Waals surface area contributed by atoms with E-state index in [1.165, 1.54) is 12.1 Å². The molecule has 0 aliphatic rings. The average molecular weight is 208 g/mol. The molecule has 0 spiro atoms. The van der Waals surface area contributed by atoms with Crippen molar-refractivity contribution in [3.63, 3.8) is 0 Å². The second kappa shape index (κ2) is 3.50. The number of aryl methyl sites for hydroxylation is 1. The molecule has 2 aromatic carbocycles. The summed E-state index contributed by atoms with van der Waals surface area (Å²) in [6.07, 6.45) is 0.663. The summed E-state index contributed by atoms with van der Waals surface area (Å²) in [4.78, 5) is 0. The quantitative estimate of drug-likeness (QED) is 0.761. The fourth-order valence-corrected chi connectivity index (χ4v) is 1.73. The molecule has 0 saturated carbocycles. The summed E-state index contributed by atoms with van der Waals surface area (Å²) in [5.74, 6) is -1.84. The van der Waals surface area contributed by atoms with Crippen LogP contribution < -0.4 is 0 Å². The highest BCUT2D eigenvalue weighted by Gasteiger charge is 2.10. The van der Waals surface area contributed by atoms with Crippen LogP contribution in [0, 0.1) is 11.6 Å². The minimum atomic E-state index is -0.905. The Bertz CT molecular complexity index is 521. The van der Waals surface area contributed by atoms with Crippen LogP contribution >= 0.6 is 0 Å². The molecule has 0 radical (unpaired) electrons. The lowest BCUT2D eigenvalue weighted by molar-refractivity contribution is 0.474. The van der Waals surface area contributed by atoms with Gasteiger partial charge in [0.05, 0.1) is 0 Å². The number of hydrogen-bond acceptors (Lipinski definition) is 1. The van der Waals surface area contributed by atoms with E-state index in [9.17, 15) is 13.9 Å². The highest BCUT2D eigenvalue weighted by Crippen LogP contribution is 2.28. The van der Waals surface area contributed by atoms with E-state index in [2.05, 4.69) is 0 Å². The first kappa shape index (κ1) is 9.90. The van der Waals surface area contributed by atoms with Crippen molar-refractivity contribution in [2.24, 2.45) is 0 Å². The van der Waals surface area contributed by atoms with Gasteiger partial charge in [-0.05, 0) is 35.6 Å². The number of aromatic hydroxyl groups is 1. The molecule has 0 atom stereocenters. The van der Waals surface area contributed by atoms with Gasteiger partial charge in [-0.3, -0.25) is 0 Å². The fourth-order valence-electron chi connectivity index (χ4n) is 1.73. The van der Waals surface area contributed by atoms with Crippen LogP contribution in [0.1, 0.15) is 12.5 Å². The predicted octanol–water partition coefficient (Wildman–Crippen LogP) is 3.39. The highest BCUT2D eigenvalue weighted by atomic mass is 19.2. The van der Waals surface area contributed by atoms with Gasteiger partial charge in [0, 0.05) is 5.39 Å². The summed E-state index contributed by atoms with van der Waals surface area (Å²) in [6.45, 7) is 1.90. The van der Waals surface area contributed by atoms with Gasteiger partial charge in [0.1, 0.15) is 5.75 Å². The molecule has 0 saturated heterocycles. The number of phenolic OH excluding ortho intramolecular Hbond substituents is 1. The smallest absolute Gasteiger partial charge is 0.166 e. The SMILES string of the molecule is CCc1cc(O)cc2c(F)c(F)ccc12. The zero-order valence-corrected chi connectivity index (χ0v) is 8.22. The molecular formula is C12H10F2O. The Balaban J connectivity index is 2.89. The summed E-state index contributed by atoms with van der Waals surface area (Å²) in [5.41, 5.74) is 0.809. The van der Waals surface area contributed by atoms with E-state index >= 15 is 0 Å². The van der Waals surface area contributed by atoms with Gasteiger partial charge in [0.15, 0.2) is 11.6 Å². The first-order valence-corrected chi connectivity index (χ1v) is 4.73. The number of hydrogen-bond donors (Lipinski definition) is 1. The van der Waals surface area contributed by atoms with Crippen LogP contribution in [0.25, 0.3) is 10.8 Å². The maximum atomic E-state index is 13.4. The van der Waals surface area contributed by atoms with E-state index in [0.29, 0.717) is 11.8 Å². The predicted molar refractivity (Wildman–Crippen MR) is 54.9 cm³/mol. The van der Waals surface area contributed by atoms with E-state index in [4.69, 9.17) is 0 Å². The van der Waals surface area contributed by atoms with Crippen molar-refractivity contribution in [2.45, 2.75) is 13.3 Å². The third-order valence-electron chi connectivity index (χ3n) is 2.47. The van der Waals surface area contributed by atoms with E-state index in [-0.39, 0.29) is 11.1 Å². The van der Waals surface area contributed by atoms with Crippen molar-refractivity contribution in [3.8, 4) is 5.75 Å². The van der Waals surface area contributed by atoms with Gasteiger partial charge in [-0.2, -0.15) is 0 Å². The lowest BCUT2D eigenvalue weighted by atomic mass is 10.0. The standard InChI is InChI=1S/C12H10F2O/c1-2-7-5-8(15)6-10-9(7)3-4-11(13)12(10)14/h3-6,15H,2H2,1H3. The summed E-state index contributed by atoms with van der Waals surface area (Å²) in [5, 5.41) is 10.1. The molecular weight excluding hydrogens is 198 g/mol. The third kappa shape index (κ3) is 1.54. The van der Waals surface area contributed by atoms with Gasteiger partial charge in [-0.25, -0.2) is 8.78 Å². The van der Waals surface area contributed by atoms with Crippen LogP contribution in [0.15, 0.2) is 24.3 Å². The highest BCUT2D eigenvalue weighted by molar-refractivity contribution is 5.87. The molecule has 78 valence electrons.